The van der Waals surface area contributed by atoms with Gasteiger partial charge in [0.15, 0.2) is 0 Å². The lowest BCUT2D eigenvalue weighted by Gasteiger charge is -2.33. The summed E-state index contributed by atoms with van der Waals surface area (Å²) in [5.41, 5.74) is 14.4. The van der Waals surface area contributed by atoms with Gasteiger partial charge in [-0.2, -0.15) is 0 Å². The number of nitrogens with two attached hydrogens (primary N) is 1. The number of likely N-dealkylation sites (tertiary alicyclic amines) is 1. The number of amides is 1. The van der Waals surface area contributed by atoms with Crippen molar-refractivity contribution in [2.45, 2.75) is 38.8 Å². The topological polar surface area (TPSA) is 85.9 Å². The molecule has 1 amide bonds. The zero-order valence-electron chi connectivity index (χ0n) is 23.3. The van der Waals surface area contributed by atoms with Crippen LogP contribution in [-0.4, -0.2) is 84.2 Å². The normalized spacial score (nSPS) is 19.3. The minimum Gasteiger partial charge on any atom is -0.390 e. The first kappa shape index (κ1) is 27.8. The Balaban J connectivity index is 1.44. The maximum absolute atomic E-state index is 12.2. The second kappa shape index (κ2) is 12.1. The Hall–Kier alpha value is -3.26. The van der Waals surface area contributed by atoms with Crippen LogP contribution in [0, 0.1) is 6.92 Å². The molecule has 2 aromatic rings. The maximum Gasteiger partial charge on any atom is 0.253 e. The molecule has 202 valence electrons. The van der Waals surface area contributed by atoms with Gasteiger partial charge in [-0.1, -0.05) is 29.9 Å². The van der Waals surface area contributed by atoms with Crippen molar-refractivity contribution in [3.63, 3.8) is 0 Å². The van der Waals surface area contributed by atoms with Gasteiger partial charge in [0, 0.05) is 62.0 Å². The number of piperidine rings is 1. The molecule has 0 radical (unpaired) electrons. The highest BCUT2D eigenvalue weighted by molar-refractivity contribution is 5.93. The molecule has 1 unspecified atom stereocenters. The van der Waals surface area contributed by atoms with E-state index in [-0.39, 0.29) is 18.7 Å². The molecule has 0 saturated carbocycles. The van der Waals surface area contributed by atoms with Crippen molar-refractivity contribution in [2.75, 3.05) is 47.4 Å². The summed E-state index contributed by atoms with van der Waals surface area (Å²) in [6.45, 7) is 7.13. The molecule has 4 rings (SSSR count). The molecule has 3 heterocycles. The first-order chi connectivity index (χ1) is 18.2. The quantitative estimate of drug-likeness (QED) is 0.582. The predicted molar refractivity (Wildman–Crippen MR) is 154 cm³/mol. The molecule has 1 atom stereocenters. The Kier molecular flexibility index (Phi) is 8.82. The SMILES string of the molecule is C/C(=C\c1c(C2=C(CO)N(C)C(N)C=C2)ccnc1C)CN1CCC(c2ccc(C(=O)N(C)C)cc2)CC1. The van der Waals surface area contributed by atoms with E-state index in [0.29, 0.717) is 5.92 Å². The molecule has 1 fully saturated rings. The smallest absolute Gasteiger partial charge is 0.253 e. The number of hydrogen-bond acceptors (Lipinski definition) is 6. The highest BCUT2D eigenvalue weighted by Gasteiger charge is 2.23. The summed E-state index contributed by atoms with van der Waals surface area (Å²) >= 11 is 0. The van der Waals surface area contributed by atoms with E-state index in [4.69, 9.17) is 5.73 Å². The highest BCUT2D eigenvalue weighted by atomic mass is 16.3. The number of carbonyl (C=O) groups excluding carboxylic acids is 1. The molecule has 7 nitrogen and oxygen atoms in total. The summed E-state index contributed by atoms with van der Waals surface area (Å²) in [5.74, 6) is 0.566. The van der Waals surface area contributed by atoms with Gasteiger partial charge in [0.25, 0.3) is 5.91 Å². The Bertz CT molecular complexity index is 1240. The van der Waals surface area contributed by atoms with Gasteiger partial charge in [-0.15, -0.1) is 0 Å². The minimum absolute atomic E-state index is 0.0413. The molecular formula is C31H41N5O2. The van der Waals surface area contributed by atoms with Crippen molar-refractivity contribution in [1.29, 1.82) is 0 Å². The Morgan fingerprint density at radius 2 is 1.87 bits per heavy atom. The van der Waals surface area contributed by atoms with E-state index in [1.165, 1.54) is 11.1 Å². The summed E-state index contributed by atoms with van der Waals surface area (Å²) in [6.07, 6.45) is 10.0. The van der Waals surface area contributed by atoms with Crippen molar-refractivity contribution in [1.82, 2.24) is 19.7 Å². The minimum atomic E-state index is -0.244. The molecule has 0 bridgehead atoms. The molecule has 1 aromatic heterocycles. The van der Waals surface area contributed by atoms with Crippen LogP contribution in [0.2, 0.25) is 0 Å². The second-order valence-electron chi connectivity index (χ2n) is 10.7. The summed E-state index contributed by atoms with van der Waals surface area (Å²) in [5, 5.41) is 10.1. The Morgan fingerprint density at radius 1 is 1.18 bits per heavy atom. The number of benzene rings is 1. The summed E-state index contributed by atoms with van der Waals surface area (Å²) in [7, 11) is 5.48. The van der Waals surface area contributed by atoms with Crippen molar-refractivity contribution < 1.29 is 9.90 Å². The van der Waals surface area contributed by atoms with Gasteiger partial charge in [0.05, 0.1) is 12.8 Å². The van der Waals surface area contributed by atoms with E-state index < -0.39 is 0 Å². The molecule has 2 aliphatic heterocycles. The number of aliphatic hydroxyl groups is 1. The number of nitrogens with zero attached hydrogens (tertiary/aromatic N) is 4. The number of likely N-dealkylation sites (N-methyl/N-ethyl adjacent to an activating group) is 1. The maximum atomic E-state index is 12.2. The van der Waals surface area contributed by atoms with E-state index in [1.807, 2.05) is 55.4 Å². The molecular weight excluding hydrogens is 474 g/mol. The highest BCUT2D eigenvalue weighted by Crippen LogP contribution is 2.32. The lowest BCUT2D eigenvalue weighted by Crippen LogP contribution is -2.40. The monoisotopic (exact) mass is 515 g/mol. The van der Waals surface area contributed by atoms with Crippen LogP contribution in [0.5, 0.6) is 0 Å². The fourth-order valence-corrected chi connectivity index (χ4v) is 5.45. The van der Waals surface area contributed by atoms with Crippen LogP contribution in [0.4, 0.5) is 0 Å². The van der Waals surface area contributed by atoms with Crippen molar-refractivity contribution >= 4 is 17.6 Å². The fraction of sp³-hybridized carbons (Fsp3) is 0.419. The lowest BCUT2D eigenvalue weighted by atomic mass is 9.88. The van der Waals surface area contributed by atoms with Gasteiger partial charge in [-0.05, 0) is 81.1 Å². The van der Waals surface area contributed by atoms with E-state index in [0.717, 1.165) is 66.1 Å². The first-order valence-electron chi connectivity index (χ1n) is 13.4. The molecule has 1 aromatic carbocycles. The van der Waals surface area contributed by atoms with Gasteiger partial charge < -0.3 is 20.6 Å². The number of hydrogen-bond donors (Lipinski definition) is 2. The number of aryl methyl sites for hydroxylation is 1. The third-order valence-electron chi connectivity index (χ3n) is 7.76. The number of carbonyl (C=O) groups is 1. The standard InChI is InChI=1S/C31H41N5O2/c1-21(18-28-22(2)33-15-12-26(28)27-10-11-30(32)35(5)29(27)20-37)19-36-16-13-24(14-17-36)23-6-8-25(9-7-23)31(38)34(3)4/h6-12,15,18,24,30,37H,13-14,16-17,19-20,32H2,1-5H3/b21-18+. The molecule has 3 N–H and O–H groups in total. The van der Waals surface area contributed by atoms with E-state index in [1.54, 1.807) is 19.0 Å². The van der Waals surface area contributed by atoms with E-state index in [2.05, 4.69) is 35.0 Å². The van der Waals surface area contributed by atoms with Gasteiger partial charge in [0.2, 0.25) is 0 Å². The van der Waals surface area contributed by atoms with Gasteiger partial charge in [-0.25, -0.2) is 0 Å². The summed E-state index contributed by atoms with van der Waals surface area (Å²) < 4.78 is 0. The van der Waals surface area contributed by atoms with Crippen molar-refractivity contribution in [3.8, 4) is 0 Å². The average molecular weight is 516 g/mol. The number of aliphatic hydroxyl groups excluding tert-OH is 1. The lowest BCUT2D eigenvalue weighted by molar-refractivity contribution is 0.0827. The third kappa shape index (κ3) is 6.07. The molecule has 0 spiro atoms. The Labute approximate surface area is 227 Å². The number of pyridine rings is 1. The molecule has 38 heavy (non-hydrogen) atoms. The Morgan fingerprint density at radius 3 is 2.50 bits per heavy atom. The molecule has 0 aliphatic carbocycles. The largest absolute Gasteiger partial charge is 0.390 e. The summed E-state index contributed by atoms with van der Waals surface area (Å²) in [4.78, 5) is 22.8. The third-order valence-corrected chi connectivity index (χ3v) is 7.76. The fourth-order valence-electron chi connectivity index (χ4n) is 5.45. The summed E-state index contributed by atoms with van der Waals surface area (Å²) in [6, 6.07) is 10.2. The average Bonchev–Trinajstić information content (AvgIpc) is 2.91. The number of allylic oxidation sites excluding steroid dienone is 2. The molecule has 2 aliphatic rings. The zero-order chi connectivity index (χ0) is 27.4. The van der Waals surface area contributed by atoms with E-state index >= 15 is 0 Å². The van der Waals surface area contributed by atoms with E-state index in [9.17, 15) is 9.90 Å². The van der Waals surface area contributed by atoms with Crippen molar-refractivity contribution in [3.05, 3.63) is 87.9 Å². The second-order valence-corrected chi connectivity index (χ2v) is 10.7. The van der Waals surface area contributed by atoms with Crippen LogP contribution in [-0.2, 0) is 0 Å². The van der Waals surface area contributed by atoms with Gasteiger partial charge >= 0.3 is 0 Å². The predicted octanol–water partition coefficient (Wildman–Crippen LogP) is 3.86. The van der Waals surface area contributed by atoms with Crippen LogP contribution < -0.4 is 5.73 Å². The first-order valence-corrected chi connectivity index (χ1v) is 13.4. The van der Waals surface area contributed by atoms with Gasteiger partial charge in [-0.3, -0.25) is 14.7 Å². The van der Waals surface area contributed by atoms with Crippen LogP contribution in [0.3, 0.4) is 0 Å². The van der Waals surface area contributed by atoms with Crippen LogP contribution in [0.15, 0.2) is 60.0 Å². The van der Waals surface area contributed by atoms with Crippen LogP contribution >= 0.6 is 0 Å². The van der Waals surface area contributed by atoms with Gasteiger partial charge in [0.1, 0.15) is 0 Å². The molecule has 7 heteroatoms. The van der Waals surface area contributed by atoms with Crippen LogP contribution in [0.25, 0.3) is 11.6 Å². The number of aromatic nitrogens is 1. The van der Waals surface area contributed by atoms with Crippen molar-refractivity contribution in [2.24, 2.45) is 5.73 Å². The molecule has 1 saturated heterocycles. The van der Waals surface area contributed by atoms with Crippen LogP contribution in [0.1, 0.15) is 58.4 Å². The zero-order valence-corrected chi connectivity index (χ0v) is 23.3. The number of rotatable bonds is 7.